The quantitative estimate of drug-likeness (QED) is 0.610. The molecule has 0 radical (unpaired) electrons. The minimum Gasteiger partial charge on any atom is -0.348 e. The van der Waals surface area contributed by atoms with Gasteiger partial charge in [-0.25, -0.2) is 4.39 Å². The molecule has 144 valence electrons. The molecule has 1 unspecified atom stereocenters. The van der Waals surface area contributed by atoms with Crippen molar-refractivity contribution in [3.05, 3.63) is 89.0 Å². The Morgan fingerprint density at radius 1 is 1.11 bits per heavy atom. The highest BCUT2D eigenvalue weighted by molar-refractivity contribution is 7.80. The fourth-order valence-electron chi connectivity index (χ4n) is 4.01. The standard InChI is InChI=1S/C23H24FN3S/c1-3-17-9-6-8-16(2)21(17)25-23(28)27-15-14-26-13-7-12-20(26)22(27)18-10-4-5-11-19(18)24/h4-13,22H,3,14-15H2,1-2H3,(H,25,28). The molecule has 0 bridgehead atoms. The molecule has 1 atom stereocenters. The number of hydrogen-bond acceptors (Lipinski definition) is 1. The van der Waals surface area contributed by atoms with Crippen LogP contribution < -0.4 is 5.32 Å². The third-order valence-corrected chi connectivity index (χ3v) is 5.81. The second-order valence-electron chi connectivity index (χ2n) is 7.14. The topological polar surface area (TPSA) is 20.2 Å². The summed E-state index contributed by atoms with van der Waals surface area (Å²) in [7, 11) is 0. The van der Waals surface area contributed by atoms with Crippen molar-refractivity contribution in [2.45, 2.75) is 32.9 Å². The van der Waals surface area contributed by atoms with E-state index < -0.39 is 0 Å². The molecule has 5 heteroatoms. The van der Waals surface area contributed by atoms with Gasteiger partial charge in [-0.3, -0.25) is 0 Å². The van der Waals surface area contributed by atoms with Crippen molar-refractivity contribution in [3.8, 4) is 0 Å². The van der Waals surface area contributed by atoms with Gasteiger partial charge in [0.2, 0.25) is 0 Å². The third-order valence-electron chi connectivity index (χ3n) is 5.47. The number of anilines is 1. The Bertz CT molecular complexity index is 1010. The first-order chi connectivity index (χ1) is 13.6. The van der Waals surface area contributed by atoms with Crippen LogP contribution in [-0.4, -0.2) is 21.1 Å². The van der Waals surface area contributed by atoms with E-state index in [1.807, 2.05) is 24.4 Å². The monoisotopic (exact) mass is 393 g/mol. The number of nitrogens with one attached hydrogen (secondary N) is 1. The SMILES string of the molecule is CCc1cccc(C)c1NC(=S)N1CCn2cccc2C1c1ccccc1F. The van der Waals surface area contributed by atoms with Crippen LogP contribution >= 0.6 is 12.2 Å². The van der Waals surface area contributed by atoms with E-state index in [-0.39, 0.29) is 11.9 Å². The summed E-state index contributed by atoms with van der Waals surface area (Å²) in [4.78, 5) is 2.11. The molecule has 0 aliphatic carbocycles. The molecule has 4 rings (SSSR count). The number of nitrogens with zero attached hydrogens (tertiary/aromatic N) is 2. The Morgan fingerprint density at radius 2 is 1.93 bits per heavy atom. The van der Waals surface area contributed by atoms with E-state index in [1.54, 1.807) is 6.07 Å². The van der Waals surface area contributed by atoms with E-state index in [0.29, 0.717) is 10.7 Å². The van der Waals surface area contributed by atoms with Crippen LogP contribution in [0.25, 0.3) is 0 Å². The number of thiocarbonyl (C=S) groups is 1. The highest BCUT2D eigenvalue weighted by Gasteiger charge is 2.32. The lowest BCUT2D eigenvalue weighted by molar-refractivity contribution is 0.288. The van der Waals surface area contributed by atoms with E-state index in [4.69, 9.17) is 12.2 Å². The van der Waals surface area contributed by atoms with E-state index in [1.165, 1.54) is 11.6 Å². The molecule has 2 heterocycles. The number of benzene rings is 2. The zero-order chi connectivity index (χ0) is 19.7. The number of para-hydroxylation sites is 1. The maximum atomic E-state index is 14.7. The number of fused-ring (bicyclic) bond motifs is 1. The molecule has 1 N–H and O–H groups in total. The van der Waals surface area contributed by atoms with Gasteiger partial charge in [-0.2, -0.15) is 0 Å². The van der Waals surface area contributed by atoms with Crippen LogP contribution in [-0.2, 0) is 13.0 Å². The fraction of sp³-hybridized carbons (Fsp3) is 0.261. The van der Waals surface area contributed by atoms with Crippen LogP contribution in [0.5, 0.6) is 0 Å². The Labute approximate surface area is 170 Å². The van der Waals surface area contributed by atoms with Crippen LogP contribution in [0.1, 0.15) is 35.3 Å². The van der Waals surface area contributed by atoms with Crippen molar-refractivity contribution < 1.29 is 4.39 Å². The summed E-state index contributed by atoms with van der Waals surface area (Å²) in [6.45, 7) is 5.77. The molecule has 3 aromatic rings. The minimum absolute atomic E-state index is 0.208. The van der Waals surface area contributed by atoms with Gasteiger partial charge in [0.1, 0.15) is 5.82 Å². The Kier molecular flexibility index (Phi) is 5.18. The maximum Gasteiger partial charge on any atom is 0.174 e. The first-order valence-electron chi connectivity index (χ1n) is 9.65. The lowest BCUT2D eigenvalue weighted by atomic mass is 9.99. The lowest BCUT2D eigenvalue weighted by Crippen LogP contribution is -2.44. The Balaban J connectivity index is 1.72. The summed E-state index contributed by atoms with van der Waals surface area (Å²) < 4.78 is 16.9. The number of rotatable bonds is 3. The molecule has 1 aliphatic rings. The van der Waals surface area contributed by atoms with E-state index in [2.05, 4.69) is 52.9 Å². The second kappa shape index (κ2) is 7.76. The molecule has 0 amide bonds. The zero-order valence-electron chi connectivity index (χ0n) is 16.2. The van der Waals surface area contributed by atoms with Gasteiger partial charge in [0, 0.05) is 36.2 Å². The Hall–Kier alpha value is -2.66. The van der Waals surface area contributed by atoms with Crippen molar-refractivity contribution in [3.63, 3.8) is 0 Å². The smallest absolute Gasteiger partial charge is 0.174 e. The lowest BCUT2D eigenvalue weighted by Gasteiger charge is -2.39. The van der Waals surface area contributed by atoms with Gasteiger partial charge < -0.3 is 14.8 Å². The van der Waals surface area contributed by atoms with E-state index in [0.717, 1.165) is 36.5 Å². The predicted octanol–water partition coefficient (Wildman–Crippen LogP) is 5.30. The van der Waals surface area contributed by atoms with Crippen molar-refractivity contribution in [1.29, 1.82) is 0 Å². The van der Waals surface area contributed by atoms with Gasteiger partial charge in [0.15, 0.2) is 5.11 Å². The molecule has 3 nitrogen and oxygen atoms in total. The molecule has 28 heavy (non-hydrogen) atoms. The summed E-state index contributed by atoms with van der Waals surface area (Å²) in [5, 5.41) is 4.10. The van der Waals surface area contributed by atoms with Crippen LogP contribution in [0.3, 0.4) is 0 Å². The fourth-order valence-corrected chi connectivity index (χ4v) is 4.31. The van der Waals surface area contributed by atoms with Crippen LogP contribution in [0.15, 0.2) is 60.8 Å². The first-order valence-corrected chi connectivity index (χ1v) is 10.1. The number of aromatic nitrogens is 1. The number of hydrogen-bond donors (Lipinski definition) is 1. The molecule has 2 aromatic carbocycles. The van der Waals surface area contributed by atoms with Crippen LogP contribution in [0, 0.1) is 12.7 Å². The van der Waals surface area contributed by atoms with Gasteiger partial charge in [-0.1, -0.05) is 43.3 Å². The van der Waals surface area contributed by atoms with Crippen molar-refractivity contribution in [2.75, 3.05) is 11.9 Å². The molecular formula is C23H24FN3S. The molecule has 1 aromatic heterocycles. The highest BCUT2D eigenvalue weighted by atomic mass is 32.1. The van der Waals surface area contributed by atoms with Crippen molar-refractivity contribution >= 4 is 23.0 Å². The van der Waals surface area contributed by atoms with Crippen molar-refractivity contribution in [2.24, 2.45) is 0 Å². The van der Waals surface area contributed by atoms with E-state index >= 15 is 0 Å². The molecule has 1 aliphatic heterocycles. The van der Waals surface area contributed by atoms with Gasteiger partial charge in [0.05, 0.1) is 6.04 Å². The summed E-state index contributed by atoms with van der Waals surface area (Å²) in [6.07, 6.45) is 2.97. The maximum absolute atomic E-state index is 14.7. The highest BCUT2D eigenvalue weighted by Crippen LogP contribution is 2.34. The molecular weight excluding hydrogens is 369 g/mol. The Morgan fingerprint density at radius 3 is 2.71 bits per heavy atom. The zero-order valence-corrected chi connectivity index (χ0v) is 17.0. The minimum atomic E-state index is -0.251. The summed E-state index contributed by atoms with van der Waals surface area (Å²) in [5.74, 6) is -0.208. The van der Waals surface area contributed by atoms with Gasteiger partial charge in [-0.05, 0) is 54.9 Å². The average Bonchev–Trinajstić information content (AvgIpc) is 3.18. The van der Waals surface area contributed by atoms with Gasteiger partial charge in [-0.15, -0.1) is 0 Å². The van der Waals surface area contributed by atoms with Gasteiger partial charge >= 0.3 is 0 Å². The summed E-state index contributed by atoms with van der Waals surface area (Å²) in [5.41, 5.74) is 5.14. The van der Waals surface area contributed by atoms with Crippen molar-refractivity contribution in [1.82, 2.24) is 9.47 Å². The molecule has 0 saturated carbocycles. The van der Waals surface area contributed by atoms with Crippen LogP contribution in [0.4, 0.5) is 10.1 Å². The first kappa shape index (κ1) is 18.7. The average molecular weight is 394 g/mol. The van der Waals surface area contributed by atoms with E-state index in [9.17, 15) is 4.39 Å². The normalized spacial score (nSPS) is 16.0. The summed E-state index contributed by atoms with van der Waals surface area (Å²) >= 11 is 5.83. The molecule has 0 fully saturated rings. The molecule has 0 spiro atoms. The van der Waals surface area contributed by atoms with Gasteiger partial charge in [0.25, 0.3) is 0 Å². The molecule has 0 saturated heterocycles. The largest absolute Gasteiger partial charge is 0.348 e. The predicted molar refractivity (Wildman–Crippen MR) is 116 cm³/mol. The second-order valence-corrected chi connectivity index (χ2v) is 7.52. The third kappa shape index (κ3) is 3.31. The van der Waals surface area contributed by atoms with Crippen LogP contribution in [0.2, 0.25) is 0 Å². The number of halogens is 1. The summed E-state index contributed by atoms with van der Waals surface area (Å²) in [6, 6.07) is 17.1. The number of aryl methyl sites for hydroxylation is 2.